The number of nitrogens with zero attached hydrogens (tertiary/aromatic N) is 1. The maximum Gasteiger partial charge on any atom is 0.417 e. The summed E-state index contributed by atoms with van der Waals surface area (Å²) in [5.41, 5.74) is -1.12. The molecular weight excluding hydrogens is 447 g/mol. The molecule has 2 aromatic carbocycles. The van der Waals surface area contributed by atoms with E-state index < -0.39 is 34.5 Å². The van der Waals surface area contributed by atoms with Crippen LogP contribution < -0.4 is 0 Å². The van der Waals surface area contributed by atoms with E-state index in [9.17, 15) is 31.1 Å². The van der Waals surface area contributed by atoms with Gasteiger partial charge < -0.3 is 5.11 Å². The van der Waals surface area contributed by atoms with Crippen molar-refractivity contribution in [2.75, 3.05) is 0 Å². The van der Waals surface area contributed by atoms with Gasteiger partial charge in [-0.15, -0.1) is 0 Å². The van der Waals surface area contributed by atoms with E-state index in [1.807, 2.05) is 6.07 Å². The van der Waals surface area contributed by atoms with E-state index >= 15 is 0 Å². The number of benzene rings is 2. The van der Waals surface area contributed by atoms with E-state index in [0.29, 0.717) is 5.56 Å². The van der Waals surface area contributed by atoms with Gasteiger partial charge in [0, 0.05) is 0 Å². The number of carboxylic acid groups (broad SMARTS) is 1. The second-order valence-corrected chi connectivity index (χ2v) is 6.34. The van der Waals surface area contributed by atoms with E-state index in [2.05, 4.69) is 0 Å². The molecule has 0 bridgehead atoms. The normalized spacial score (nSPS) is 11.3. The average molecular weight is 458 g/mol. The molecule has 0 saturated carbocycles. The fourth-order valence-corrected chi connectivity index (χ4v) is 2.68. The SMILES string of the molecule is N#CCc1ccc(C(F)(F)F)c(Cl)c1.O=C(O)Cc1ccc(C(F)(F)F)c(Cl)c1. The van der Waals surface area contributed by atoms with E-state index in [1.165, 1.54) is 6.07 Å². The summed E-state index contributed by atoms with van der Waals surface area (Å²) < 4.78 is 73.4. The zero-order valence-corrected chi connectivity index (χ0v) is 15.7. The molecule has 1 N–H and O–H groups in total. The molecule has 2 aromatic rings. The Hall–Kier alpha value is -2.44. The van der Waals surface area contributed by atoms with Crippen LogP contribution in [0, 0.1) is 11.3 Å². The molecule has 0 heterocycles. The van der Waals surface area contributed by atoms with E-state index in [1.54, 1.807) is 0 Å². The maximum absolute atomic E-state index is 12.2. The lowest BCUT2D eigenvalue weighted by Gasteiger charge is -2.09. The molecule has 0 saturated heterocycles. The van der Waals surface area contributed by atoms with Gasteiger partial charge in [0.05, 0.1) is 40.1 Å². The molecule has 0 aliphatic carbocycles. The largest absolute Gasteiger partial charge is 0.481 e. The van der Waals surface area contributed by atoms with Gasteiger partial charge in [0.2, 0.25) is 0 Å². The Morgan fingerprint density at radius 2 is 1.31 bits per heavy atom. The zero-order valence-electron chi connectivity index (χ0n) is 14.2. The van der Waals surface area contributed by atoms with Crippen LogP contribution in [-0.4, -0.2) is 11.1 Å². The summed E-state index contributed by atoms with van der Waals surface area (Å²) in [6.45, 7) is 0. The van der Waals surface area contributed by atoms with Crippen molar-refractivity contribution in [3.05, 3.63) is 68.7 Å². The highest BCUT2D eigenvalue weighted by atomic mass is 35.5. The minimum atomic E-state index is -4.52. The number of rotatable bonds is 3. The van der Waals surface area contributed by atoms with Crippen molar-refractivity contribution in [2.45, 2.75) is 25.2 Å². The van der Waals surface area contributed by atoms with Gasteiger partial charge in [0.15, 0.2) is 0 Å². The van der Waals surface area contributed by atoms with Crippen LogP contribution in [0.25, 0.3) is 0 Å². The Bertz CT molecular complexity index is 920. The molecule has 29 heavy (non-hydrogen) atoms. The first-order chi connectivity index (χ1) is 13.3. The molecule has 0 amide bonds. The summed E-state index contributed by atoms with van der Waals surface area (Å²) in [4.78, 5) is 10.3. The number of aliphatic carboxylic acids is 1. The summed E-state index contributed by atoms with van der Waals surface area (Å²) in [6.07, 6.45) is -9.25. The van der Waals surface area contributed by atoms with Crippen molar-refractivity contribution in [2.24, 2.45) is 0 Å². The number of carbonyl (C=O) groups is 1. The lowest BCUT2D eigenvalue weighted by molar-refractivity contribution is -0.138. The molecule has 0 aliphatic rings. The maximum atomic E-state index is 12.2. The Morgan fingerprint density at radius 1 is 0.897 bits per heavy atom. The fourth-order valence-electron chi connectivity index (χ4n) is 2.06. The van der Waals surface area contributed by atoms with E-state index in [4.69, 9.17) is 33.6 Å². The molecule has 0 aliphatic heterocycles. The molecule has 0 atom stereocenters. The third-order valence-electron chi connectivity index (χ3n) is 3.32. The van der Waals surface area contributed by atoms with Crippen LogP contribution in [-0.2, 0) is 30.0 Å². The minimum Gasteiger partial charge on any atom is -0.481 e. The smallest absolute Gasteiger partial charge is 0.417 e. The van der Waals surface area contributed by atoms with Gasteiger partial charge in [-0.05, 0) is 35.4 Å². The van der Waals surface area contributed by atoms with Gasteiger partial charge in [0.1, 0.15) is 0 Å². The van der Waals surface area contributed by atoms with Crippen molar-refractivity contribution < 1.29 is 36.2 Å². The summed E-state index contributed by atoms with van der Waals surface area (Å²) in [5, 5.41) is 15.9. The molecule has 3 nitrogen and oxygen atoms in total. The Labute approximate surface area is 171 Å². The topological polar surface area (TPSA) is 61.1 Å². The van der Waals surface area contributed by atoms with Crippen LogP contribution in [0.15, 0.2) is 36.4 Å². The first kappa shape index (κ1) is 24.6. The number of hydrogen-bond donors (Lipinski definition) is 1. The molecule has 0 radical (unpaired) electrons. The Kier molecular flexibility index (Phi) is 8.36. The van der Waals surface area contributed by atoms with Crippen LogP contribution in [0.2, 0.25) is 10.0 Å². The molecule has 0 fully saturated rings. The van der Waals surface area contributed by atoms with E-state index in [0.717, 1.165) is 30.3 Å². The highest BCUT2D eigenvalue weighted by Crippen LogP contribution is 2.35. The van der Waals surface area contributed by atoms with Gasteiger partial charge in [-0.2, -0.15) is 31.6 Å². The predicted molar refractivity (Wildman–Crippen MR) is 93.6 cm³/mol. The standard InChI is InChI=1S/C9H5ClF3N.C9H6ClF3O2/c10-8-5-6(3-4-14)1-2-7(8)9(11,12)13;10-7-3-5(4-8(14)15)1-2-6(7)9(11,12)13/h1-2,5H,3H2;1-3H,4H2,(H,14,15). The van der Waals surface area contributed by atoms with Crippen LogP contribution in [0.5, 0.6) is 0 Å². The second kappa shape index (κ2) is 9.85. The van der Waals surface area contributed by atoms with E-state index in [-0.39, 0.29) is 23.4 Å². The minimum absolute atomic E-state index is 0.0534. The van der Waals surface area contributed by atoms with Crippen LogP contribution >= 0.6 is 23.2 Å². The van der Waals surface area contributed by atoms with Crippen molar-refractivity contribution in [3.63, 3.8) is 0 Å². The second-order valence-electron chi connectivity index (χ2n) is 5.53. The van der Waals surface area contributed by atoms with Gasteiger partial charge >= 0.3 is 18.3 Å². The molecule has 11 heteroatoms. The third kappa shape index (κ3) is 7.83. The number of carboxylic acids is 1. The summed E-state index contributed by atoms with van der Waals surface area (Å²) in [5.74, 6) is -1.12. The predicted octanol–water partition coefficient (Wildman–Crippen LogP) is 6.41. The summed E-state index contributed by atoms with van der Waals surface area (Å²) >= 11 is 10.8. The Morgan fingerprint density at radius 3 is 1.66 bits per heavy atom. The lowest BCUT2D eigenvalue weighted by atomic mass is 10.1. The molecule has 0 spiro atoms. The van der Waals surface area contributed by atoms with Crippen LogP contribution in [0.1, 0.15) is 22.3 Å². The zero-order chi connectivity index (χ0) is 22.4. The summed E-state index contributed by atoms with van der Waals surface area (Å²) in [7, 11) is 0. The van der Waals surface area contributed by atoms with Gasteiger partial charge in [-0.3, -0.25) is 4.79 Å². The van der Waals surface area contributed by atoms with Crippen molar-refractivity contribution in [3.8, 4) is 6.07 Å². The molecule has 0 aromatic heterocycles. The highest BCUT2D eigenvalue weighted by Gasteiger charge is 2.33. The van der Waals surface area contributed by atoms with Crippen molar-refractivity contribution >= 4 is 29.2 Å². The number of alkyl halides is 6. The van der Waals surface area contributed by atoms with Crippen molar-refractivity contribution in [1.82, 2.24) is 0 Å². The Balaban J connectivity index is 0.000000291. The highest BCUT2D eigenvalue weighted by molar-refractivity contribution is 6.31. The van der Waals surface area contributed by atoms with Gasteiger partial charge in [0.25, 0.3) is 0 Å². The fraction of sp³-hybridized carbons (Fsp3) is 0.222. The monoisotopic (exact) mass is 457 g/mol. The number of hydrogen-bond acceptors (Lipinski definition) is 2. The third-order valence-corrected chi connectivity index (χ3v) is 3.94. The molecular formula is C18H11Cl2F6NO2. The number of nitriles is 1. The number of halogens is 8. The van der Waals surface area contributed by atoms with Crippen molar-refractivity contribution in [1.29, 1.82) is 5.26 Å². The van der Waals surface area contributed by atoms with Gasteiger partial charge in [-0.1, -0.05) is 35.3 Å². The molecule has 0 unspecified atom stereocenters. The van der Waals surface area contributed by atoms with Crippen LogP contribution in [0.3, 0.4) is 0 Å². The molecule has 156 valence electrons. The first-order valence-corrected chi connectivity index (χ1v) is 8.31. The first-order valence-electron chi connectivity index (χ1n) is 7.55. The lowest BCUT2D eigenvalue weighted by Crippen LogP contribution is -2.07. The molecule has 2 rings (SSSR count). The average Bonchev–Trinajstić information content (AvgIpc) is 2.52. The quantitative estimate of drug-likeness (QED) is 0.541. The van der Waals surface area contributed by atoms with Crippen LogP contribution in [0.4, 0.5) is 26.3 Å². The van der Waals surface area contributed by atoms with Gasteiger partial charge in [-0.25, -0.2) is 0 Å². The summed E-state index contributed by atoms with van der Waals surface area (Å²) in [6, 6.07) is 8.01.